The van der Waals surface area contributed by atoms with E-state index in [1.54, 1.807) is 0 Å². The van der Waals surface area contributed by atoms with Gasteiger partial charge in [0.15, 0.2) is 0 Å². The van der Waals surface area contributed by atoms with E-state index in [2.05, 4.69) is 5.32 Å². The average molecular weight is 209 g/mol. The van der Waals surface area contributed by atoms with Gasteiger partial charge >= 0.3 is 0 Å². The van der Waals surface area contributed by atoms with E-state index in [1.807, 2.05) is 0 Å². The van der Waals surface area contributed by atoms with Crippen molar-refractivity contribution in [3.63, 3.8) is 0 Å². The molecule has 2 heterocycles. The van der Waals surface area contributed by atoms with Gasteiger partial charge in [0, 0.05) is 12.6 Å². The van der Waals surface area contributed by atoms with Crippen LogP contribution in [0.5, 0.6) is 0 Å². The zero-order chi connectivity index (χ0) is 10.1. The van der Waals surface area contributed by atoms with Crippen LogP contribution < -0.4 is 5.32 Å². The molecule has 1 saturated carbocycles. The first-order valence-electron chi connectivity index (χ1n) is 6.75. The highest BCUT2D eigenvalue weighted by Crippen LogP contribution is 2.45. The molecule has 2 heteroatoms. The molecule has 0 aromatic carbocycles. The Balaban J connectivity index is 1.60. The van der Waals surface area contributed by atoms with Crippen LogP contribution in [-0.2, 0) is 4.74 Å². The molecule has 15 heavy (non-hydrogen) atoms. The number of ether oxygens (including phenoxy) is 1. The number of hydrogen-bond acceptors (Lipinski definition) is 2. The molecule has 1 N–H and O–H groups in total. The molecule has 2 unspecified atom stereocenters. The fourth-order valence-electron chi connectivity index (χ4n) is 3.61. The molecule has 2 atom stereocenters. The summed E-state index contributed by atoms with van der Waals surface area (Å²) >= 11 is 0. The van der Waals surface area contributed by atoms with E-state index in [9.17, 15) is 0 Å². The van der Waals surface area contributed by atoms with Crippen LogP contribution >= 0.6 is 0 Å². The summed E-state index contributed by atoms with van der Waals surface area (Å²) in [6, 6.07) is 0.806. The van der Waals surface area contributed by atoms with E-state index in [-0.39, 0.29) is 0 Å². The third-order valence-electron chi connectivity index (χ3n) is 4.71. The minimum Gasteiger partial charge on any atom is -0.375 e. The molecule has 2 saturated heterocycles. The lowest BCUT2D eigenvalue weighted by atomic mass is 9.69. The van der Waals surface area contributed by atoms with Gasteiger partial charge in [-0.3, -0.25) is 0 Å². The van der Waals surface area contributed by atoms with Gasteiger partial charge in [-0.05, 0) is 57.4 Å². The molecule has 3 fully saturated rings. The molecule has 1 spiro atoms. The summed E-state index contributed by atoms with van der Waals surface area (Å²) in [5.74, 6) is 0.902. The molecule has 3 aliphatic rings. The number of hydrogen-bond donors (Lipinski definition) is 1. The number of piperidine rings is 1. The van der Waals surface area contributed by atoms with E-state index in [1.165, 1.54) is 57.9 Å². The van der Waals surface area contributed by atoms with Crippen molar-refractivity contribution < 1.29 is 4.74 Å². The van der Waals surface area contributed by atoms with Gasteiger partial charge in [-0.25, -0.2) is 0 Å². The zero-order valence-corrected chi connectivity index (χ0v) is 9.63. The Morgan fingerprint density at radius 1 is 1.07 bits per heavy atom. The third-order valence-corrected chi connectivity index (χ3v) is 4.71. The van der Waals surface area contributed by atoms with Gasteiger partial charge in [-0.1, -0.05) is 6.42 Å². The van der Waals surface area contributed by atoms with Crippen molar-refractivity contribution >= 4 is 0 Å². The highest BCUT2D eigenvalue weighted by Gasteiger charge is 2.44. The highest BCUT2D eigenvalue weighted by molar-refractivity contribution is 4.97. The van der Waals surface area contributed by atoms with Crippen LogP contribution in [0.15, 0.2) is 0 Å². The first kappa shape index (κ1) is 10.1. The largest absolute Gasteiger partial charge is 0.375 e. The summed E-state index contributed by atoms with van der Waals surface area (Å²) in [6.07, 6.45) is 10.9. The van der Waals surface area contributed by atoms with Crippen molar-refractivity contribution in [1.29, 1.82) is 0 Å². The van der Waals surface area contributed by atoms with Crippen LogP contribution in [0.1, 0.15) is 51.4 Å². The number of nitrogens with one attached hydrogen (secondary N) is 1. The molecule has 86 valence electrons. The first-order chi connectivity index (χ1) is 7.38. The lowest BCUT2D eigenvalue weighted by Gasteiger charge is -2.49. The SMILES string of the molecule is C1CCC(C2CCOC3(CCC3)C2)NC1. The predicted octanol–water partition coefficient (Wildman–Crippen LogP) is 2.48. The van der Waals surface area contributed by atoms with E-state index in [4.69, 9.17) is 4.74 Å². The Hall–Kier alpha value is -0.0800. The molecule has 2 aliphatic heterocycles. The molecule has 0 radical (unpaired) electrons. The van der Waals surface area contributed by atoms with Crippen molar-refractivity contribution in [2.45, 2.75) is 63.0 Å². The van der Waals surface area contributed by atoms with Gasteiger partial charge in [0.1, 0.15) is 0 Å². The van der Waals surface area contributed by atoms with Crippen molar-refractivity contribution in [1.82, 2.24) is 5.32 Å². The van der Waals surface area contributed by atoms with E-state index < -0.39 is 0 Å². The molecule has 0 bridgehead atoms. The molecular formula is C13H23NO. The molecule has 0 amide bonds. The Bertz CT molecular complexity index is 219. The molecule has 1 aliphatic carbocycles. The zero-order valence-electron chi connectivity index (χ0n) is 9.63. The van der Waals surface area contributed by atoms with Crippen LogP contribution in [0.2, 0.25) is 0 Å². The summed E-state index contributed by atoms with van der Waals surface area (Å²) in [4.78, 5) is 0. The quantitative estimate of drug-likeness (QED) is 0.716. The summed E-state index contributed by atoms with van der Waals surface area (Å²) < 4.78 is 5.99. The van der Waals surface area contributed by atoms with Gasteiger partial charge in [-0.2, -0.15) is 0 Å². The van der Waals surface area contributed by atoms with E-state index in [0.29, 0.717) is 5.60 Å². The van der Waals surface area contributed by atoms with Crippen LogP contribution in [0, 0.1) is 5.92 Å². The van der Waals surface area contributed by atoms with E-state index >= 15 is 0 Å². The van der Waals surface area contributed by atoms with Crippen LogP contribution in [0.3, 0.4) is 0 Å². The van der Waals surface area contributed by atoms with Gasteiger partial charge in [0.05, 0.1) is 5.60 Å². The molecule has 0 aromatic rings. The second kappa shape index (κ2) is 4.06. The Morgan fingerprint density at radius 2 is 2.00 bits per heavy atom. The predicted molar refractivity (Wildman–Crippen MR) is 60.9 cm³/mol. The lowest BCUT2D eigenvalue weighted by molar-refractivity contribution is -0.147. The second-order valence-corrected chi connectivity index (χ2v) is 5.69. The fraction of sp³-hybridized carbons (Fsp3) is 1.00. The Kier molecular flexibility index (Phi) is 2.73. The molecule has 0 aromatic heterocycles. The highest BCUT2D eigenvalue weighted by atomic mass is 16.5. The maximum absolute atomic E-state index is 5.99. The normalized spacial score (nSPS) is 40.0. The molecule has 3 rings (SSSR count). The average Bonchev–Trinajstić information content (AvgIpc) is 2.28. The smallest absolute Gasteiger partial charge is 0.0685 e. The molecular weight excluding hydrogens is 186 g/mol. The van der Waals surface area contributed by atoms with Crippen molar-refractivity contribution in [3.05, 3.63) is 0 Å². The van der Waals surface area contributed by atoms with Gasteiger partial charge in [0.2, 0.25) is 0 Å². The summed E-state index contributed by atoms with van der Waals surface area (Å²) in [5.41, 5.74) is 0.335. The maximum atomic E-state index is 5.99. The number of rotatable bonds is 1. The Labute approximate surface area is 92.8 Å². The third kappa shape index (κ3) is 1.94. The monoisotopic (exact) mass is 209 g/mol. The minimum atomic E-state index is 0.335. The maximum Gasteiger partial charge on any atom is 0.0685 e. The topological polar surface area (TPSA) is 21.3 Å². The van der Waals surface area contributed by atoms with Crippen molar-refractivity contribution in [3.8, 4) is 0 Å². The minimum absolute atomic E-state index is 0.335. The van der Waals surface area contributed by atoms with Gasteiger partial charge < -0.3 is 10.1 Å². The Morgan fingerprint density at radius 3 is 2.67 bits per heavy atom. The van der Waals surface area contributed by atoms with Crippen LogP contribution in [0.25, 0.3) is 0 Å². The summed E-state index contributed by atoms with van der Waals surface area (Å²) in [5, 5.41) is 3.72. The lowest BCUT2D eigenvalue weighted by Crippen LogP contribution is -2.51. The molecule has 2 nitrogen and oxygen atoms in total. The van der Waals surface area contributed by atoms with Crippen LogP contribution in [0.4, 0.5) is 0 Å². The van der Waals surface area contributed by atoms with Crippen LogP contribution in [-0.4, -0.2) is 24.8 Å². The van der Waals surface area contributed by atoms with Crippen molar-refractivity contribution in [2.24, 2.45) is 5.92 Å². The fourth-order valence-corrected chi connectivity index (χ4v) is 3.61. The second-order valence-electron chi connectivity index (χ2n) is 5.69. The van der Waals surface area contributed by atoms with E-state index in [0.717, 1.165) is 18.6 Å². The van der Waals surface area contributed by atoms with Gasteiger partial charge in [0.25, 0.3) is 0 Å². The van der Waals surface area contributed by atoms with Crippen molar-refractivity contribution in [2.75, 3.05) is 13.2 Å². The summed E-state index contributed by atoms with van der Waals surface area (Å²) in [7, 11) is 0. The summed E-state index contributed by atoms with van der Waals surface area (Å²) in [6.45, 7) is 2.26. The first-order valence-corrected chi connectivity index (χ1v) is 6.75. The standard InChI is InChI=1S/C13H23NO/c1-2-8-14-12(4-1)11-5-9-15-13(10-11)6-3-7-13/h11-12,14H,1-10H2. The van der Waals surface area contributed by atoms with Gasteiger partial charge in [-0.15, -0.1) is 0 Å².